The number of hydrogen-bond acceptors (Lipinski definition) is 2. The van der Waals surface area contributed by atoms with Crippen molar-refractivity contribution in [1.82, 2.24) is 10.0 Å². The van der Waals surface area contributed by atoms with Gasteiger partial charge in [-0.15, -0.1) is 0 Å². The Kier molecular flexibility index (Phi) is 1.09. The van der Waals surface area contributed by atoms with Gasteiger partial charge in [-0.3, -0.25) is 9.59 Å². The van der Waals surface area contributed by atoms with Gasteiger partial charge in [0.2, 0.25) is 0 Å². The molecule has 11 heavy (non-hydrogen) atoms. The third-order valence-electron chi connectivity index (χ3n) is 1.61. The predicted octanol–water partition coefficient (Wildman–Crippen LogP) is 0.00330. The van der Waals surface area contributed by atoms with Gasteiger partial charge in [0.15, 0.2) is 0 Å². The second-order valence-corrected chi connectivity index (χ2v) is 2.34. The van der Waals surface area contributed by atoms with Crippen molar-refractivity contribution < 1.29 is 9.59 Å². The van der Waals surface area contributed by atoms with E-state index in [0.29, 0.717) is 0 Å². The van der Waals surface area contributed by atoms with Crippen molar-refractivity contribution >= 4 is 11.8 Å². The highest BCUT2D eigenvalue weighted by atomic mass is 16.2. The summed E-state index contributed by atoms with van der Waals surface area (Å²) in [5, 5.41) is 2.62. The van der Waals surface area contributed by atoms with E-state index in [-0.39, 0.29) is 18.2 Å². The van der Waals surface area contributed by atoms with Gasteiger partial charge < -0.3 is 0 Å². The number of hydrazine groups is 1. The third-order valence-corrected chi connectivity index (χ3v) is 1.61. The molecule has 0 aromatic carbocycles. The second-order valence-electron chi connectivity index (χ2n) is 2.34. The van der Waals surface area contributed by atoms with Crippen LogP contribution in [0.2, 0.25) is 0 Å². The summed E-state index contributed by atoms with van der Waals surface area (Å²) in [4.78, 5) is 22.0. The first-order valence-corrected chi connectivity index (χ1v) is 3.28. The lowest BCUT2D eigenvalue weighted by Crippen LogP contribution is -2.33. The van der Waals surface area contributed by atoms with Crippen LogP contribution in [0, 0.1) is 0 Å². The molecule has 0 N–H and O–H groups in total. The lowest BCUT2D eigenvalue weighted by molar-refractivity contribution is -0.136. The van der Waals surface area contributed by atoms with E-state index in [9.17, 15) is 9.59 Å². The molecule has 0 unspecified atom stereocenters. The Morgan fingerprint density at radius 1 is 1.00 bits per heavy atom. The fraction of sp³-hybridized carbons (Fsp3) is 0.143. The Labute approximate surface area is 63.4 Å². The van der Waals surface area contributed by atoms with E-state index in [2.05, 4.69) is 0 Å². The molecular formula is C7H6N2O2. The van der Waals surface area contributed by atoms with Crippen molar-refractivity contribution in [2.45, 2.75) is 6.42 Å². The Bertz CT molecular complexity index is 252. The second kappa shape index (κ2) is 1.95. The zero-order chi connectivity index (χ0) is 7.84. The largest absolute Gasteiger partial charge is 0.272 e. The number of nitrogens with zero attached hydrogens (tertiary/aromatic N) is 2. The standard InChI is InChI=1S/C7H6N2O2/c10-6-5-7(11)9-4-2-1-3-8(6)9/h1-4H,5H2. The maximum absolute atomic E-state index is 11.0. The van der Waals surface area contributed by atoms with E-state index >= 15 is 0 Å². The Morgan fingerprint density at radius 2 is 1.45 bits per heavy atom. The molecule has 0 aromatic rings. The number of hydrogen-bond donors (Lipinski definition) is 0. The van der Waals surface area contributed by atoms with Crippen LogP contribution in [-0.4, -0.2) is 21.8 Å². The van der Waals surface area contributed by atoms with E-state index < -0.39 is 0 Å². The molecule has 2 aliphatic rings. The number of fused-ring (bicyclic) bond motifs is 1. The van der Waals surface area contributed by atoms with E-state index in [1.54, 1.807) is 24.6 Å². The van der Waals surface area contributed by atoms with Gasteiger partial charge in [-0.1, -0.05) is 0 Å². The number of allylic oxidation sites excluding steroid dienone is 2. The van der Waals surface area contributed by atoms with Crippen LogP contribution in [-0.2, 0) is 9.59 Å². The smallest absolute Gasteiger partial charge is 0.255 e. The fourth-order valence-electron chi connectivity index (χ4n) is 1.10. The van der Waals surface area contributed by atoms with Crippen molar-refractivity contribution in [3.8, 4) is 0 Å². The van der Waals surface area contributed by atoms with Crippen LogP contribution in [0.3, 0.4) is 0 Å². The molecule has 0 bridgehead atoms. The van der Waals surface area contributed by atoms with Gasteiger partial charge in [0.25, 0.3) is 11.8 Å². The molecule has 2 rings (SSSR count). The molecule has 2 heterocycles. The van der Waals surface area contributed by atoms with Gasteiger partial charge in [0, 0.05) is 12.4 Å². The SMILES string of the molecule is O=C1CC(=O)N2C=CC=CN12. The average molecular weight is 150 g/mol. The lowest BCUT2D eigenvalue weighted by atomic mass is 10.4. The summed E-state index contributed by atoms with van der Waals surface area (Å²) in [6.45, 7) is 0. The molecule has 4 heteroatoms. The van der Waals surface area contributed by atoms with Crippen LogP contribution in [0.25, 0.3) is 0 Å². The summed E-state index contributed by atoms with van der Waals surface area (Å²) in [6, 6.07) is 0. The van der Waals surface area contributed by atoms with Crippen LogP contribution in [0.5, 0.6) is 0 Å². The number of rotatable bonds is 0. The molecule has 1 fully saturated rings. The molecule has 1 saturated heterocycles. The van der Waals surface area contributed by atoms with Gasteiger partial charge in [0.05, 0.1) is 0 Å². The Hall–Kier alpha value is -1.58. The fourth-order valence-corrected chi connectivity index (χ4v) is 1.10. The number of carbonyl (C=O) groups excluding carboxylic acids is 2. The molecule has 0 atom stereocenters. The van der Waals surface area contributed by atoms with Crippen LogP contribution < -0.4 is 0 Å². The quantitative estimate of drug-likeness (QED) is 0.456. The van der Waals surface area contributed by atoms with E-state index in [0.717, 1.165) is 0 Å². The molecule has 0 radical (unpaired) electrons. The zero-order valence-corrected chi connectivity index (χ0v) is 5.73. The normalized spacial score (nSPS) is 21.5. The first-order valence-electron chi connectivity index (χ1n) is 3.28. The molecule has 56 valence electrons. The van der Waals surface area contributed by atoms with Crippen molar-refractivity contribution in [2.75, 3.05) is 0 Å². The van der Waals surface area contributed by atoms with E-state index in [4.69, 9.17) is 0 Å². The molecule has 0 saturated carbocycles. The lowest BCUT2D eigenvalue weighted by Gasteiger charge is -2.22. The molecule has 2 aliphatic heterocycles. The van der Waals surface area contributed by atoms with E-state index in [1.165, 1.54) is 10.0 Å². The highest BCUT2D eigenvalue weighted by Gasteiger charge is 2.33. The minimum atomic E-state index is -0.171. The maximum atomic E-state index is 11.0. The van der Waals surface area contributed by atoms with Crippen LogP contribution >= 0.6 is 0 Å². The monoisotopic (exact) mass is 150 g/mol. The summed E-state index contributed by atoms with van der Waals surface area (Å²) in [5.41, 5.74) is 0. The number of amides is 2. The Balaban J connectivity index is 2.37. The van der Waals surface area contributed by atoms with Crippen molar-refractivity contribution in [3.05, 3.63) is 24.6 Å². The van der Waals surface area contributed by atoms with Gasteiger partial charge in [-0.05, 0) is 12.2 Å². The molecule has 0 spiro atoms. The van der Waals surface area contributed by atoms with E-state index in [1.807, 2.05) is 0 Å². The highest BCUT2D eigenvalue weighted by Crippen LogP contribution is 2.17. The summed E-state index contributed by atoms with van der Waals surface area (Å²) >= 11 is 0. The summed E-state index contributed by atoms with van der Waals surface area (Å²) < 4.78 is 0. The van der Waals surface area contributed by atoms with Gasteiger partial charge >= 0.3 is 0 Å². The minimum Gasteiger partial charge on any atom is -0.272 e. The highest BCUT2D eigenvalue weighted by molar-refractivity contribution is 6.03. The first-order chi connectivity index (χ1) is 5.29. The topological polar surface area (TPSA) is 40.6 Å². The summed E-state index contributed by atoms with van der Waals surface area (Å²) in [7, 11) is 0. The van der Waals surface area contributed by atoms with Crippen LogP contribution in [0.15, 0.2) is 24.6 Å². The molecule has 0 aliphatic carbocycles. The molecule has 0 aromatic heterocycles. The van der Waals surface area contributed by atoms with Gasteiger partial charge in [-0.2, -0.15) is 0 Å². The third kappa shape index (κ3) is 0.756. The van der Waals surface area contributed by atoms with Crippen molar-refractivity contribution in [3.63, 3.8) is 0 Å². The Morgan fingerprint density at radius 3 is 1.91 bits per heavy atom. The van der Waals surface area contributed by atoms with Gasteiger partial charge in [0.1, 0.15) is 6.42 Å². The molecular weight excluding hydrogens is 144 g/mol. The molecule has 2 amide bonds. The van der Waals surface area contributed by atoms with Crippen molar-refractivity contribution in [1.29, 1.82) is 0 Å². The van der Waals surface area contributed by atoms with Crippen LogP contribution in [0.1, 0.15) is 6.42 Å². The predicted molar refractivity (Wildman–Crippen MR) is 36.6 cm³/mol. The number of carbonyl (C=O) groups is 2. The summed E-state index contributed by atoms with van der Waals surface area (Å²) in [6.07, 6.45) is 6.56. The average Bonchev–Trinajstić information content (AvgIpc) is 2.30. The van der Waals surface area contributed by atoms with Crippen LogP contribution in [0.4, 0.5) is 0 Å². The summed E-state index contributed by atoms with van der Waals surface area (Å²) in [5.74, 6) is -0.341. The zero-order valence-electron chi connectivity index (χ0n) is 5.73. The first kappa shape index (κ1) is 6.15. The van der Waals surface area contributed by atoms with Gasteiger partial charge in [-0.25, -0.2) is 10.0 Å². The minimum absolute atomic E-state index is 0.0192. The maximum Gasteiger partial charge on any atom is 0.255 e. The molecule has 4 nitrogen and oxygen atoms in total. The van der Waals surface area contributed by atoms with Crippen molar-refractivity contribution in [2.24, 2.45) is 0 Å².